The van der Waals surface area contributed by atoms with Gasteiger partial charge in [0.25, 0.3) is 20.2 Å². The molecule has 0 fully saturated rings. The number of para-hydroxylation sites is 2. The van der Waals surface area contributed by atoms with Crippen molar-refractivity contribution in [1.82, 2.24) is 29.9 Å². The molecule has 6 rings (SSSR count). The standard InChI is InChI=1S/C32H26N10O8S2.2Na.2H/c43-31-39-27(33-21-7-3-1-4-8-21)37-29(41-31)35-23-15-13-19(25(17-23)51(45,46)47)11-12-20-14-16-24(18-26(20)52(48,49)50)36-30-38-28(40-32(44)42-30)34-22-9-5-2-6-10-22;;;;/h1-18H,(H,45,46,47)(H,48,49,50)(H3,33,35,37,39,41,43)(H3,34,36,38,40,42,44);;;;/q;2*+1;2*-1. The van der Waals surface area contributed by atoms with Crippen LogP contribution in [0.15, 0.2) is 107 Å². The number of nitrogens with one attached hydrogen (secondary N) is 4. The summed E-state index contributed by atoms with van der Waals surface area (Å²) in [5, 5.41) is 31.3. The number of aromatic hydroxyl groups is 2. The largest absolute Gasteiger partial charge is 1.00 e. The monoisotopic (exact) mass is 790 g/mol. The number of rotatable bonds is 12. The molecule has 0 aliphatic carbocycles. The van der Waals surface area contributed by atoms with E-state index in [1.165, 1.54) is 36.4 Å². The summed E-state index contributed by atoms with van der Waals surface area (Å²) >= 11 is 0. The molecule has 0 bridgehead atoms. The summed E-state index contributed by atoms with van der Waals surface area (Å²) in [6, 6.07) is 24.0. The van der Waals surface area contributed by atoms with E-state index in [1.807, 2.05) is 12.1 Å². The van der Waals surface area contributed by atoms with E-state index in [-0.39, 0.29) is 108 Å². The van der Waals surface area contributed by atoms with Crippen molar-refractivity contribution in [3.63, 3.8) is 0 Å². The van der Waals surface area contributed by atoms with Crippen molar-refractivity contribution in [1.29, 1.82) is 0 Å². The Hall–Kier alpha value is -4.74. The van der Waals surface area contributed by atoms with Gasteiger partial charge < -0.3 is 34.3 Å². The molecule has 0 aliphatic rings. The van der Waals surface area contributed by atoms with E-state index in [2.05, 4.69) is 51.2 Å². The Morgan fingerprint density at radius 1 is 0.463 bits per heavy atom. The third-order valence-corrected chi connectivity index (χ3v) is 8.66. The minimum absolute atomic E-state index is 0. The topological polar surface area (TPSA) is 275 Å². The Morgan fingerprint density at radius 3 is 1.09 bits per heavy atom. The minimum atomic E-state index is -4.84. The molecule has 268 valence electrons. The molecule has 0 aliphatic heterocycles. The van der Waals surface area contributed by atoms with Crippen LogP contribution in [0.3, 0.4) is 0 Å². The first-order valence-electron chi connectivity index (χ1n) is 14.8. The maximum absolute atomic E-state index is 12.4. The molecule has 0 spiro atoms. The third kappa shape index (κ3) is 11.4. The van der Waals surface area contributed by atoms with E-state index in [0.29, 0.717) is 11.4 Å². The third-order valence-electron chi connectivity index (χ3n) is 6.84. The number of anilines is 8. The Morgan fingerprint density at radius 2 is 0.778 bits per heavy atom. The Balaban J connectivity index is 0.00000271. The average Bonchev–Trinajstić information content (AvgIpc) is 3.07. The number of nitrogens with zero attached hydrogens (tertiary/aromatic N) is 6. The van der Waals surface area contributed by atoms with E-state index >= 15 is 0 Å². The second-order valence-corrected chi connectivity index (χ2v) is 13.4. The van der Waals surface area contributed by atoms with Crippen LogP contribution in [0.5, 0.6) is 12.0 Å². The Labute approximate surface area is 355 Å². The molecule has 0 saturated carbocycles. The molecule has 0 radical (unpaired) electrons. The van der Waals surface area contributed by atoms with Gasteiger partial charge in [-0.3, -0.25) is 9.11 Å². The van der Waals surface area contributed by atoms with Crippen LogP contribution < -0.4 is 80.4 Å². The fourth-order valence-electron chi connectivity index (χ4n) is 4.64. The molecule has 18 nitrogen and oxygen atoms in total. The molecule has 8 N–H and O–H groups in total. The van der Waals surface area contributed by atoms with Crippen LogP contribution in [0, 0.1) is 0 Å². The normalized spacial score (nSPS) is 11.2. The molecular weight excluding hydrogens is 763 g/mol. The van der Waals surface area contributed by atoms with Crippen LogP contribution in [-0.4, -0.2) is 66.1 Å². The van der Waals surface area contributed by atoms with Gasteiger partial charge in [0.15, 0.2) is 0 Å². The zero-order valence-electron chi connectivity index (χ0n) is 30.3. The SMILES string of the molecule is O=S(=O)(O)c1cc(Nc2nc(O)nc(Nc3ccccc3)n2)ccc1C=Cc1ccc(Nc2nc(O)nc(Nc3ccccc3)n2)cc1S(=O)(=O)O.[H-].[H-].[Na+].[Na+]. The summed E-state index contributed by atoms with van der Waals surface area (Å²) in [4.78, 5) is 22.4. The first-order valence-corrected chi connectivity index (χ1v) is 17.7. The smallest absolute Gasteiger partial charge is 1.00 e. The van der Waals surface area contributed by atoms with Crippen molar-refractivity contribution >= 4 is 78.9 Å². The first-order chi connectivity index (χ1) is 24.8. The van der Waals surface area contributed by atoms with Crippen molar-refractivity contribution in [2.75, 3.05) is 21.3 Å². The van der Waals surface area contributed by atoms with Gasteiger partial charge in [0.2, 0.25) is 23.8 Å². The summed E-state index contributed by atoms with van der Waals surface area (Å²) in [7, 11) is -9.69. The zero-order chi connectivity index (χ0) is 36.9. The molecule has 0 unspecified atom stereocenters. The van der Waals surface area contributed by atoms with Crippen LogP contribution in [0.25, 0.3) is 12.2 Å². The second kappa shape index (κ2) is 18.1. The van der Waals surface area contributed by atoms with Gasteiger partial charge in [0.1, 0.15) is 9.79 Å². The first kappa shape index (κ1) is 42.0. The van der Waals surface area contributed by atoms with Crippen LogP contribution in [-0.2, 0) is 20.2 Å². The number of benzene rings is 4. The van der Waals surface area contributed by atoms with Gasteiger partial charge in [0.05, 0.1) is 0 Å². The second-order valence-electron chi connectivity index (χ2n) is 10.6. The van der Waals surface area contributed by atoms with Gasteiger partial charge in [-0.15, -0.1) is 0 Å². The quantitative estimate of drug-likeness (QED) is 0.0434. The average molecular weight is 791 g/mol. The molecule has 6 aromatic rings. The summed E-state index contributed by atoms with van der Waals surface area (Å²) in [6.45, 7) is 0. The predicted octanol–water partition coefficient (Wildman–Crippen LogP) is -0.661. The van der Waals surface area contributed by atoms with Gasteiger partial charge in [-0.25, -0.2) is 0 Å². The molecule has 0 amide bonds. The van der Waals surface area contributed by atoms with Gasteiger partial charge in [-0.2, -0.15) is 46.7 Å². The van der Waals surface area contributed by atoms with Crippen LogP contribution in [0.2, 0.25) is 0 Å². The van der Waals surface area contributed by atoms with E-state index < -0.39 is 42.0 Å². The van der Waals surface area contributed by atoms with Gasteiger partial charge >= 0.3 is 71.1 Å². The molecule has 2 heterocycles. The summed E-state index contributed by atoms with van der Waals surface area (Å²) in [6.07, 6.45) is 2.43. The number of hydrogen-bond acceptors (Lipinski definition) is 16. The zero-order valence-corrected chi connectivity index (χ0v) is 33.9. The molecular formula is C32H28N10Na2O8S2. The van der Waals surface area contributed by atoms with Crippen molar-refractivity contribution < 1.29 is 98.1 Å². The number of hydrogen-bond donors (Lipinski definition) is 8. The van der Waals surface area contributed by atoms with Crippen molar-refractivity contribution in [2.45, 2.75) is 9.79 Å². The molecule has 22 heteroatoms. The number of aromatic nitrogens is 6. The Kier molecular flexibility index (Phi) is 14.0. The van der Waals surface area contributed by atoms with Gasteiger partial charge in [-0.1, -0.05) is 60.7 Å². The molecule has 54 heavy (non-hydrogen) atoms. The van der Waals surface area contributed by atoms with Gasteiger partial charge in [-0.05, 0) is 59.7 Å². The molecule has 0 atom stereocenters. The van der Waals surface area contributed by atoms with E-state index in [1.54, 1.807) is 48.5 Å². The van der Waals surface area contributed by atoms with Gasteiger partial charge in [0, 0.05) is 22.7 Å². The summed E-state index contributed by atoms with van der Waals surface area (Å²) in [5.74, 6) is -0.332. The maximum atomic E-state index is 12.4. The van der Waals surface area contributed by atoms with Crippen molar-refractivity contribution in [3.05, 3.63) is 108 Å². The van der Waals surface area contributed by atoms with Crippen LogP contribution in [0.1, 0.15) is 14.0 Å². The Bertz CT molecular complexity index is 2360. The van der Waals surface area contributed by atoms with E-state index in [9.17, 15) is 36.2 Å². The van der Waals surface area contributed by atoms with Crippen molar-refractivity contribution in [2.24, 2.45) is 0 Å². The molecule has 2 aromatic heterocycles. The van der Waals surface area contributed by atoms with E-state index in [4.69, 9.17) is 0 Å². The predicted molar refractivity (Wildman–Crippen MR) is 193 cm³/mol. The van der Waals surface area contributed by atoms with Crippen LogP contribution >= 0.6 is 0 Å². The fourth-order valence-corrected chi connectivity index (χ4v) is 6.06. The minimum Gasteiger partial charge on any atom is -1.00 e. The van der Waals surface area contributed by atoms with E-state index in [0.717, 1.165) is 12.1 Å². The van der Waals surface area contributed by atoms with Crippen LogP contribution in [0.4, 0.5) is 46.5 Å². The van der Waals surface area contributed by atoms with Crippen molar-refractivity contribution in [3.8, 4) is 12.0 Å². The summed E-state index contributed by atoms with van der Waals surface area (Å²) < 4.78 is 69.6. The molecule has 0 saturated heterocycles. The molecule has 4 aromatic carbocycles. The fraction of sp³-hybridized carbons (Fsp3) is 0. The maximum Gasteiger partial charge on any atom is 1.00 e. The summed E-state index contributed by atoms with van der Waals surface area (Å²) in [5.41, 5.74) is 1.34.